The van der Waals surface area contributed by atoms with Crippen LogP contribution >= 0.6 is 0 Å². The molecule has 0 spiro atoms. The first-order valence-electron chi connectivity index (χ1n) is 12.2. The molecule has 12 heteroatoms. The van der Waals surface area contributed by atoms with Crippen molar-refractivity contribution in [3.05, 3.63) is 66.1 Å². The van der Waals surface area contributed by atoms with Crippen LogP contribution in [0.3, 0.4) is 0 Å². The number of halogens is 3. The van der Waals surface area contributed by atoms with E-state index < -0.39 is 33.8 Å². The van der Waals surface area contributed by atoms with Gasteiger partial charge in [0, 0.05) is 30.3 Å². The van der Waals surface area contributed by atoms with Crippen molar-refractivity contribution in [2.75, 3.05) is 19.0 Å². The summed E-state index contributed by atoms with van der Waals surface area (Å²) >= 11 is 0. The Morgan fingerprint density at radius 1 is 1.08 bits per heavy atom. The van der Waals surface area contributed by atoms with Crippen LogP contribution in [0.15, 0.2) is 64.1 Å². The van der Waals surface area contributed by atoms with E-state index in [4.69, 9.17) is 10.3 Å². The molecule has 2 unspecified atom stereocenters. The molecule has 4 aromatic rings. The molecule has 0 aliphatic heterocycles. The lowest BCUT2D eigenvalue weighted by atomic mass is 10.1. The minimum Gasteiger partial charge on any atom is -0.382 e. The summed E-state index contributed by atoms with van der Waals surface area (Å²) in [5.74, 6) is -0.297. The van der Waals surface area contributed by atoms with Crippen LogP contribution in [0.25, 0.3) is 34.0 Å². The molecule has 206 valence electrons. The Balaban J connectivity index is 1.56. The Hall–Kier alpha value is -3.77. The molecule has 0 bridgehead atoms. The van der Waals surface area contributed by atoms with Crippen molar-refractivity contribution >= 4 is 15.7 Å². The molecule has 4 rings (SSSR count). The summed E-state index contributed by atoms with van der Waals surface area (Å²) in [6.45, 7) is 2.67. The summed E-state index contributed by atoms with van der Waals surface area (Å²) in [5.41, 5.74) is 8.25. The highest BCUT2D eigenvalue weighted by Gasteiger charge is 2.23. The molecule has 3 N–H and O–H groups in total. The number of benzene rings is 2. The van der Waals surface area contributed by atoms with Gasteiger partial charge < -0.3 is 15.6 Å². The van der Waals surface area contributed by atoms with Gasteiger partial charge in [-0.2, -0.15) is 0 Å². The van der Waals surface area contributed by atoms with Gasteiger partial charge in [-0.05, 0) is 50.1 Å². The lowest BCUT2D eigenvalue weighted by molar-refractivity contribution is 0.344. The molecule has 2 heterocycles. The number of hydrogen-bond acceptors (Lipinski definition) is 8. The third kappa shape index (κ3) is 6.45. The van der Waals surface area contributed by atoms with Crippen LogP contribution in [0.5, 0.6) is 0 Å². The fourth-order valence-electron chi connectivity index (χ4n) is 3.88. The average molecular weight is 560 g/mol. The predicted octanol–water partition coefficient (Wildman–Crippen LogP) is 5.16. The highest BCUT2D eigenvalue weighted by atomic mass is 32.2. The molecular weight excluding hydrogens is 531 g/mol. The number of anilines is 1. The summed E-state index contributed by atoms with van der Waals surface area (Å²) in [6, 6.07) is 12.1. The van der Waals surface area contributed by atoms with Gasteiger partial charge in [-0.25, -0.2) is 27.2 Å². The maximum absolute atomic E-state index is 14.8. The SMILES string of the molecule is CC(F)CNCc1ccc(-c2cc(-c3nc(-c4ccc(S(=O)(=O)C(C)CCF)cc4)cnc3N)on2)c(F)c1. The number of rotatable bonds is 11. The highest BCUT2D eigenvalue weighted by molar-refractivity contribution is 7.92. The predicted molar refractivity (Wildman–Crippen MR) is 142 cm³/mol. The lowest BCUT2D eigenvalue weighted by Crippen LogP contribution is -2.21. The van der Waals surface area contributed by atoms with Crippen molar-refractivity contribution in [3.63, 3.8) is 0 Å². The molecule has 39 heavy (non-hydrogen) atoms. The van der Waals surface area contributed by atoms with E-state index in [0.717, 1.165) is 0 Å². The smallest absolute Gasteiger partial charge is 0.189 e. The van der Waals surface area contributed by atoms with Gasteiger partial charge in [-0.3, -0.25) is 4.39 Å². The maximum atomic E-state index is 14.8. The van der Waals surface area contributed by atoms with E-state index in [0.29, 0.717) is 23.4 Å². The first kappa shape index (κ1) is 28.2. The fourth-order valence-corrected chi connectivity index (χ4v) is 5.26. The summed E-state index contributed by atoms with van der Waals surface area (Å²) in [7, 11) is -3.66. The van der Waals surface area contributed by atoms with E-state index in [2.05, 4.69) is 20.4 Å². The quantitative estimate of drug-likeness (QED) is 0.258. The Kier molecular flexibility index (Phi) is 8.66. The van der Waals surface area contributed by atoms with Crippen LogP contribution in [0, 0.1) is 5.82 Å². The minimum absolute atomic E-state index is 0.0599. The Morgan fingerprint density at radius 2 is 1.82 bits per heavy atom. The van der Waals surface area contributed by atoms with Crippen molar-refractivity contribution in [2.45, 2.75) is 43.1 Å². The molecule has 0 radical (unpaired) electrons. The Morgan fingerprint density at radius 3 is 2.49 bits per heavy atom. The zero-order chi connectivity index (χ0) is 28.2. The maximum Gasteiger partial charge on any atom is 0.189 e. The number of aromatic nitrogens is 3. The molecule has 2 atom stereocenters. The van der Waals surface area contributed by atoms with Crippen molar-refractivity contribution in [2.24, 2.45) is 0 Å². The molecule has 8 nitrogen and oxygen atoms in total. The minimum atomic E-state index is -3.66. The van der Waals surface area contributed by atoms with Crippen LogP contribution < -0.4 is 11.1 Å². The number of sulfone groups is 1. The first-order valence-corrected chi connectivity index (χ1v) is 13.8. The van der Waals surface area contributed by atoms with Gasteiger partial charge in [0.2, 0.25) is 0 Å². The van der Waals surface area contributed by atoms with Gasteiger partial charge >= 0.3 is 0 Å². The number of nitrogens with one attached hydrogen (secondary N) is 1. The van der Waals surface area contributed by atoms with Crippen LogP contribution in [0.4, 0.5) is 19.0 Å². The number of nitrogens with zero attached hydrogens (tertiary/aromatic N) is 3. The van der Waals surface area contributed by atoms with Crippen LogP contribution in [0.2, 0.25) is 0 Å². The third-order valence-electron chi connectivity index (χ3n) is 6.13. The standard InChI is InChI=1S/C27H28F3N5O3S/c1-16(29)13-32-14-18-3-8-21(22(30)11-18)23-12-25(38-35-23)26-27(31)33-15-24(34-26)19-4-6-20(7-5-19)39(36,37)17(2)9-10-28/h3-8,11-12,15-17,32H,9-10,13-14H2,1-2H3,(H2,31,33). The Labute approximate surface area is 224 Å². The molecule has 0 aliphatic rings. The highest BCUT2D eigenvalue weighted by Crippen LogP contribution is 2.31. The van der Waals surface area contributed by atoms with Gasteiger partial charge in [0.1, 0.15) is 17.7 Å². The normalized spacial score (nSPS) is 13.4. The van der Waals surface area contributed by atoms with Crippen molar-refractivity contribution < 1.29 is 26.1 Å². The van der Waals surface area contributed by atoms with E-state index in [1.165, 1.54) is 44.3 Å². The second-order valence-electron chi connectivity index (χ2n) is 9.15. The molecule has 0 amide bonds. The van der Waals surface area contributed by atoms with Crippen molar-refractivity contribution in [1.29, 1.82) is 0 Å². The summed E-state index contributed by atoms with van der Waals surface area (Å²) in [6.07, 6.45) is 0.344. The van der Waals surface area contributed by atoms with Gasteiger partial charge in [0.05, 0.1) is 28.7 Å². The van der Waals surface area contributed by atoms with E-state index in [9.17, 15) is 21.6 Å². The second-order valence-corrected chi connectivity index (χ2v) is 11.5. The largest absolute Gasteiger partial charge is 0.382 e. The van der Waals surface area contributed by atoms with Gasteiger partial charge in [0.25, 0.3) is 0 Å². The van der Waals surface area contributed by atoms with Crippen LogP contribution in [-0.2, 0) is 16.4 Å². The first-order chi connectivity index (χ1) is 18.6. The molecule has 2 aromatic heterocycles. The zero-order valence-corrected chi connectivity index (χ0v) is 22.2. The fraction of sp³-hybridized carbons (Fsp3) is 0.296. The van der Waals surface area contributed by atoms with E-state index in [1.54, 1.807) is 24.3 Å². The summed E-state index contributed by atoms with van der Waals surface area (Å²) in [4.78, 5) is 8.76. The average Bonchev–Trinajstić information content (AvgIpc) is 3.39. The van der Waals surface area contributed by atoms with Crippen LogP contribution in [-0.4, -0.2) is 48.2 Å². The van der Waals surface area contributed by atoms with Crippen LogP contribution in [0.1, 0.15) is 25.8 Å². The number of alkyl halides is 2. The molecule has 2 aromatic carbocycles. The van der Waals surface area contributed by atoms with E-state index in [-0.39, 0.29) is 46.4 Å². The van der Waals surface area contributed by atoms with Crippen molar-refractivity contribution in [1.82, 2.24) is 20.4 Å². The molecule has 0 saturated heterocycles. The van der Waals surface area contributed by atoms with Gasteiger partial charge in [0.15, 0.2) is 27.1 Å². The third-order valence-corrected chi connectivity index (χ3v) is 8.36. The Bertz CT molecular complexity index is 1540. The number of nitrogen functional groups attached to an aromatic ring is 1. The molecule has 0 saturated carbocycles. The monoisotopic (exact) mass is 559 g/mol. The van der Waals surface area contributed by atoms with Crippen molar-refractivity contribution in [3.8, 4) is 34.0 Å². The second kappa shape index (κ2) is 12.0. The number of hydrogen-bond donors (Lipinski definition) is 2. The van der Waals surface area contributed by atoms with E-state index >= 15 is 0 Å². The molecule has 0 fully saturated rings. The topological polar surface area (TPSA) is 124 Å². The molecular formula is C27H28F3N5O3S. The number of nitrogens with two attached hydrogens (primary N) is 1. The lowest BCUT2D eigenvalue weighted by Gasteiger charge is -2.12. The summed E-state index contributed by atoms with van der Waals surface area (Å²) < 4.78 is 71.1. The zero-order valence-electron chi connectivity index (χ0n) is 21.4. The molecule has 0 aliphatic carbocycles. The van der Waals surface area contributed by atoms with E-state index in [1.807, 2.05) is 0 Å². The van der Waals surface area contributed by atoms with Gasteiger partial charge in [-0.15, -0.1) is 0 Å². The summed E-state index contributed by atoms with van der Waals surface area (Å²) in [5, 5.41) is 6.02. The van der Waals surface area contributed by atoms with Gasteiger partial charge in [-0.1, -0.05) is 23.4 Å².